The monoisotopic (exact) mass is 400 g/mol. The predicted octanol–water partition coefficient (Wildman–Crippen LogP) is 2.81. The number of hydrogen-bond donors (Lipinski definition) is 0. The molecule has 1 heterocycles. The van der Waals surface area contributed by atoms with Gasteiger partial charge in [-0.25, -0.2) is 8.42 Å². The molecule has 6 nitrogen and oxygen atoms in total. The average Bonchev–Trinajstić information content (AvgIpc) is 3.11. The van der Waals surface area contributed by atoms with Gasteiger partial charge in [0.05, 0.1) is 10.6 Å². The molecule has 28 heavy (non-hydrogen) atoms. The molecule has 0 aliphatic carbocycles. The zero-order chi connectivity index (χ0) is 20.3. The van der Waals surface area contributed by atoms with Crippen molar-refractivity contribution in [2.24, 2.45) is 0 Å². The number of fused-ring (bicyclic) bond motifs is 1. The minimum Gasteiger partial charge on any atom is -0.313 e. The lowest BCUT2D eigenvalue weighted by molar-refractivity contribution is -0.118. The van der Waals surface area contributed by atoms with E-state index in [1.54, 1.807) is 21.9 Å². The summed E-state index contributed by atoms with van der Waals surface area (Å²) in [6.45, 7) is 4.40. The van der Waals surface area contributed by atoms with E-state index in [-0.39, 0.29) is 28.9 Å². The Balaban J connectivity index is 1.72. The Labute approximate surface area is 165 Å². The Morgan fingerprint density at radius 3 is 2.46 bits per heavy atom. The molecule has 148 valence electrons. The number of carbonyl (C=O) groups excluding carboxylic acids is 2. The highest BCUT2D eigenvalue weighted by Gasteiger charge is 2.25. The number of benzene rings is 2. The molecule has 0 aromatic heterocycles. The van der Waals surface area contributed by atoms with Gasteiger partial charge in [0, 0.05) is 37.8 Å². The van der Waals surface area contributed by atoms with Crippen LogP contribution in [0.3, 0.4) is 0 Å². The van der Waals surface area contributed by atoms with E-state index in [9.17, 15) is 18.0 Å². The van der Waals surface area contributed by atoms with Gasteiger partial charge in [0.15, 0.2) is 9.84 Å². The lowest BCUT2D eigenvalue weighted by Crippen LogP contribution is -2.31. The summed E-state index contributed by atoms with van der Waals surface area (Å²) in [5, 5.41) is 0. The number of nitrogens with zero attached hydrogens (tertiary/aromatic N) is 2. The van der Waals surface area contributed by atoms with E-state index in [2.05, 4.69) is 0 Å². The summed E-state index contributed by atoms with van der Waals surface area (Å²) >= 11 is 0. The van der Waals surface area contributed by atoms with E-state index in [0.29, 0.717) is 19.5 Å². The van der Waals surface area contributed by atoms with Crippen LogP contribution in [0.2, 0.25) is 0 Å². The number of sulfone groups is 1. The van der Waals surface area contributed by atoms with Crippen LogP contribution in [-0.4, -0.2) is 39.1 Å². The van der Waals surface area contributed by atoms with Crippen LogP contribution in [0.15, 0.2) is 53.4 Å². The first-order valence-corrected chi connectivity index (χ1v) is 11.0. The van der Waals surface area contributed by atoms with Gasteiger partial charge in [0.25, 0.3) is 0 Å². The maximum atomic E-state index is 12.7. The van der Waals surface area contributed by atoms with Gasteiger partial charge < -0.3 is 9.80 Å². The number of carbonyl (C=O) groups is 2. The van der Waals surface area contributed by atoms with Crippen molar-refractivity contribution in [2.45, 2.75) is 31.6 Å². The van der Waals surface area contributed by atoms with Crippen LogP contribution in [0.5, 0.6) is 0 Å². The molecule has 0 spiro atoms. The summed E-state index contributed by atoms with van der Waals surface area (Å²) in [6, 6.07) is 14.1. The van der Waals surface area contributed by atoms with Crippen molar-refractivity contribution in [1.29, 1.82) is 0 Å². The third-order valence-corrected chi connectivity index (χ3v) is 6.67. The minimum atomic E-state index is -3.59. The van der Waals surface area contributed by atoms with E-state index in [1.165, 1.54) is 13.0 Å². The molecular weight excluding hydrogens is 376 g/mol. The first kappa shape index (κ1) is 20.1. The molecular formula is C21H24N2O4S. The molecule has 0 N–H and O–H groups in total. The maximum absolute atomic E-state index is 12.7. The van der Waals surface area contributed by atoms with Crippen molar-refractivity contribution >= 4 is 33.0 Å². The van der Waals surface area contributed by atoms with Crippen molar-refractivity contribution in [3.8, 4) is 0 Å². The van der Waals surface area contributed by atoms with Crippen LogP contribution in [-0.2, 0) is 25.8 Å². The van der Waals surface area contributed by atoms with Gasteiger partial charge in [0.2, 0.25) is 11.8 Å². The van der Waals surface area contributed by atoms with Crippen LogP contribution in [0.4, 0.5) is 11.4 Å². The molecule has 2 amide bonds. The first-order valence-electron chi connectivity index (χ1n) is 9.32. The van der Waals surface area contributed by atoms with Gasteiger partial charge in [-0.3, -0.25) is 9.59 Å². The highest BCUT2D eigenvalue weighted by Crippen LogP contribution is 2.30. The van der Waals surface area contributed by atoms with E-state index in [1.807, 2.05) is 37.3 Å². The topological polar surface area (TPSA) is 74.8 Å². The first-order chi connectivity index (χ1) is 13.3. The fourth-order valence-electron chi connectivity index (χ4n) is 3.48. The number of hydrogen-bond acceptors (Lipinski definition) is 4. The Bertz CT molecular complexity index is 987. The molecule has 1 aliphatic rings. The van der Waals surface area contributed by atoms with E-state index in [0.717, 1.165) is 16.9 Å². The molecule has 0 bridgehead atoms. The molecule has 1 aliphatic heterocycles. The van der Waals surface area contributed by atoms with Gasteiger partial charge >= 0.3 is 0 Å². The van der Waals surface area contributed by atoms with E-state index >= 15 is 0 Å². The molecule has 0 unspecified atom stereocenters. The Hall–Kier alpha value is -2.67. The predicted molar refractivity (Wildman–Crippen MR) is 109 cm³/mol. The number of amides is 2. The van der Waals surface area contributed by atoms with Crippen molar-refractivity contribution in [3.63, 3.8) is 0 Å². The van der Waals surface area contributed by atoms with Crippen LogP contribution >= 0.6 is 0 Å². The lowest BCUT2D eigenvalue weighted by Gasteiger charge is -2.21. The zero-order valence-corrected chi connectivity index (χ0v) is 16.9. The average molecular weight is 401 g/mol. The van der Waals surface area contributed by atoms with Gasteiger partial charge in [-0.05, 0) is 49.2 Å². The Kier molecular flexibility index (Phi) is 5.84. The minimum absolute atomic E-state index is 0.0551. The van der Waals surface area contributed by atoms with Gasteiger partial charge in [-0.1, -0.05) is 18.2 Å². The summed E-state index contributed by atoms with van der Waals surface area (Å²) in [4.78, 5) is 27.7. The van der Waals surface area contributed by atoms with Crippen LogP contribution in [0.1, 0.15) is 25.8 Å². The second-order valence-corrected chi connectivity index (χ2v) is 8.86. The second-order valence-electron chi connectivity index (χ2n) is 6.75. The third-order valence-electron chi connectivity index (χ3n) is 4.96. The Morgan fingerprint density at radius 1 is 1.11 bits per heavy atom. The second kappa shape index (κ2) is 8.14. The fourth-order valence-corrected chi connectivity index (χ4v) is 4.76. The van der Waals surface area contributed by atoms with Gasteiger partial charge in [-0.15, -0.1) is 0 Å². The van der Waals surface area contributed by atoms with E-state index < -0.39 is 9.84 Å². The number of rotatable bonds is 6. The summed E-state index contributed by atoms with van der Waals surface area (Å²) in [6.07, 6.45) is 0.552. The summed E-state index contributed by atoms with van der Waals surface area (Å²) < 4.78 is 25.5. The van der Waals surface area contributed by atoms with Crippen LogP contribution in [0, 0.1) is 0 Å². The normalized spacial score (nSPS) is 13.3. The summed E-state index contributed by atoms with van der Waals surface area (Å²) in [5.41, 5.74) is 2.38. The summed E-state index contributed by atoms with van der Waals surface area (Å²) in [7, 11) is -3.59. The smallest absolute Gasteiger partial charge is 0.228 e. The lowest BCUT2D eigenvalue weighted by atomic mass is 10.2. The molecule has 3 rings (SSSR count). The molecule has 0 radical (unpaired) electrons. The van der Waals surface area contributed by atoms with Crippen molar-refractivity contribution in [3.05, 3.63) is 54.1 Å². The highest BCUT2D eigenvalue weighted by molar-refractivity contribution is 7.91. The number of anilines is 2. The van der Waals surface area contributed by atoms with E-state index in [4.69, 9.17) is 0 Å². The fraction of sp³-hybridized carbons (Fsp3) is 0.333. The molecule has 0 saturated heterocycles. The molecule has 0 saturated carbocycles. The maximum Gasteiger partial charge on any atom is 0.228 e. The van der Waals surface area contributed by atoms with Crippen molar-refractivity contribution < 1.29 is 18.0 Å². The molecule has 2 aromatic rings. The SMILES string of the molecule is CCN(C(=O)CCS(=O)(=O)c1ccc2c(c1)CCN2C(C)=O)c1ccccc1. The zero-order valence-electron chi connectivity index (χ0n) is 16.1. The van der Waals surface area contributed by atoms with Crippen LogP contribution in [0.25, 0.3) is 0 Å². The van der Waals surface area contributed by atoms with Crippen molar-refractivity contribution in [2.75, 3.05) is 28.6 Å². The molecule has 0 fully saturated rings. The molecule has 7 heteroatoms. The highest BCUT2D eigenvalue weighted by atomic mass is 32.2. The largest absolute Gasteiger partial charge is 0.313 e. The summed E-state index contributed by atoms with van der Waals surface area (Å²) in [5.74, 6) is -0.522. The standard InChI is InChI=1S/C21H24N2O4S/c1-3-22(18-7-5-4-6-8-18)21(25)12-14-28(26,27)19-9-10-20-17(15-19)11-13-23(20)16(2)24/h4-10,15H,3,11-14H2,1-2H3. The van der Waals surface area contributed by atoms with Crippen LogP contribution < -0.4 is 9.80 Å². The molecule has 2 aromatic carbocycles. The quantitative estimate of drug-likeness (QED) is 0.747. The number of para-hydroxylation sites is 1. The molecule has 0 atom stereocenters. The van der Waals surface area contributed by atoms with Crippen molar-refractivity contribution in [1.82, 2.24) is 0 Å². The Morgan fingerprint density at radius 2 is 1.82 bits per heavy atom. The van der Waals surface area contributed by atoms with Gasteiger partial charge in [0.1, 0.15) is 0 Å². The van der Waals surface area contributed by atoms with Gasteiger partial charge in [-0.2, -0.15) is 0 Å². The third kappa shape index (κ3) is 4.09.